The van der Waals surface area contributed by atoms with Crippen LogP contribution in [0.1, 0.15) is 5.56 Å². The average molecular weight is 226 g/mol. The molecule has 0 nitrogen and oxygen atoms in total. The fourth-order valence-corrected chi connectivity index (χ4v) is 0.470. The quantitative estimate of drug-likeness (QED) is 0.596. The molecule has 0 atom stereocenters. The topological polar surface area (TPSA) is 0 Å². The Labute approximate surface area is 71.2 Å². The van der Waals surface area contributed by atoms with Crippen LogP contribution in [-0.2, 0) is 14.2 Å². The van der Waals surface area contributed by atoms with Gasteiger partial charge in [-0.1, -0.05) is 29.8 Å². The summed E-state index contributed by atoms with van der Waals surface area (Å²) in [5, 5.41) is 0. The van der Waals surface area contributed by atoms with E-state index in [1.807, 2.05) is 24.3 Å². The standard InChI is InChI=1S/C7H7.BrH.Mn/c1-7-5-3-2-4-6-7;;/h3-6H,1H3;1H;/q;;+1/p-1. The molecule has 0 saturated carbocycles. The first kappa shape index (κ1) is 9.22. The number of aryl methyl sites for hydroxylation is 1. The molecule has 0 N–H and O–H groups in total. The van der Waals surface area contributed by atoms with E-state index < -0.39 is 0 Å². The second-order valence-corrected chi connectivity index (χ2v) is 1.58. The van der Waals surface area contributed by atoms with E-state index in [1.165, 1.54) is 5.56 Å². The molecule has 0 fully saturated rings. The van der Waals surface area contributed by atoms with Crippen molar-refractivity contribution in [2.24, 2.45) is 0 Å². The Kier molecular flexibility index (Phi) is 6.50. The third-order valence-electron chi connectivity index (χ3n) is 0.885. The van der Waals surface area contributed by atoms with Crippen LogP contribution in [0.3, 0.4) is 0 Å². The molecule has 0 saturated heterocycles. The van der Waals surface area contributed by atoms with Crippen LogP contribution in [0.5, 0.6) is 0 Å². The molecule has 0 unspecified atom stereocenters. The van der Waals surface area contributed by atoms with Crippen LogP contribution >= 0.6 is 14.1 Å². The van der Waals surface area contributed by atoms with Crippen LogP contribution in [-0.4, -0.2) is 0 Å². The van der Waals surface area contributed by atoms with Gasteiger partial charge in [-0.05, 0) is 13.0 Å². The van der Waals surface area contributed by atoms with Crippen molar-refractivity contribution in [3.05, 3.63) is 35.9 Å². The second kappa shape index (κ2) is 6.34. The van der Waals surface area contributed by atoms with E-state index >= 15 is 0 Å². The van der Waals surface area contributed by atoms with Gasteiger partial charge in [-0.2, -0.15) is 0 Å². The Bertz CT molecular complexity index is 139. The number of halogens is 1. The molecule has 0 aromatic heterocycles. The van der Waals surface area contributed by atoms with E-state index in [0.717, 1.165) is 0 Å². The van der Waals surface area contributed by atoms with Gasteiger partial charge < -0.3 is 0 Å². The number of hydrogen-bond acceptors (Lipinski definition) is 0. The summed E-state index contributed by atoms with van der Waals surface area (Å²) in [5.41, 5.74) is 1.29. The monoisotopic (exact) mass is 225 g/mol. The molecule has 0 aliphatic heterocycles. The summed E-state index contributed by atoms with van der Waals surface area (Å²) in [6.07, 6.45) is 0. The Morgan fingerprint density at radius 1 is 1.33 bits per heavy atom. The van der Waals surface area contributed by atoms with Crippen LogP contribution < -0.4 is 0 Å². The molecule has 0 aliphatic rings. The minimum absolute atomic E-state index is 1.29. The van der Waals surface area contributed by atoms with Crippen molar-refractivity contribution >= 4 is 14.1 Å². The third kappa shape index (κ3) is 4.71. The summed E-state index contributed by atoms with van der Waals surface area (Å²) in [5.74, 6) is 0. The van der Waals surface area contributed by atoms with Crippen molar-refractivity contribution in [2.75, 3.05) is 0 Å². The van der Waals surface area contributed by atoms with Crippen molar-refractivity contribution in [1.82, 2.24) is 0 Å². The normalized spacial score (nSPS) is 7.44. The van der Waals surface area contributed by atoms with E-state index in [1.54, 1.807) is 0 Å². The van der Waals surface area contributed by atoms with Crippen molar-refractivity contribution in [3.8, 4) is 0 Å². The van der Waals surface area contributed by atoms with E-state index in [4.69, 9.17) is 0 Å². The van der Waals surface area contributed by atoms with Crippen molar-refractivity contribution in [3.63, 3.8) is 0 Å². The van der Waals surface area contributed by atoms with Gasteiger partial charge >= 0.3 is 28.3 Å². The fraction of sp³-hybridized carbons (Fsp3) is 0.143. The van der Waals surface area contributed by atoms with E-state index in [9.17, 15) is 0 Å². The molecular weight excluding hydrogens is 219 g/mol. The van der Waals surface area contributed by atoms with Crippen LogP contribution in [0, 0.1) is 13.0 Å². The van der Waals surface area contributed by atoms with Gasteiger partial charge in [-0.25, -0.2) is 0 Å². The van der Waals surface area contributed by atoms with Gasteiger partial charge in [-0.15, -0.1) is 0 Å². The molecule has 1 aromatic rings. The predicted octanol–water partition coefficient (Wildman–Crippen LogP) is 2.64. The zero-order chi connectivity index (χ0) is 7.11. The first-order valence-corrected chi connectivity index (χ1v) is 5.38. The van der Waals surface area contributed by atoms with Gasteiger partial charge in [-0.3, -0.25) is 0 Å². The van der Waals surface area contributed by atoms with Gasteiger partial charge in [0.05, 0.1) is 0 Å². The zero-order valence-corrected chi connectivity index (χ0v) is 7.83. The Hall–Kier alpha value is 0.219. The Balaban J connectivity index is 0.000000291. The van der Waals surface area contributed by atoms with E-state index in [-0.39, 0.29) is 0 Å². The van der Waals surface area contributed by atoms with Gasteiger partial charge in [0.15, 0.2) is 0 Å². The minimum atomic E-state index is 1.29. The van der Waals surface area contributed by atoms with Crippen LogP contribution in [0.2, 0.25) is 0 Å². The summed E-state index contributed by atoms with van der Waals surface area (Å²) >= 11 is 5.50. The van der Waals surface area contributed by atoms with Crippen molar-refractivity contribution in [1.29, 1.82) is 0 Å². The molecule has 49 valence electrons. The van der Waals surface area contributed by atoms with Crippen molar-refractivity contribution in [2.45, 2.75) is 6.92 Å². The summed E-state index contributed by atoms with van der Waals surface area (Å²) in [6, 6.07) is 10.8. The molecule has 0 amide bonds. The maximum atomic E-state index is 2.93. The summed E-state index contributed by atoms with van der Waals surface area (Å²) in [7, 11) is 0. The van der Waals surface area contributed by atoms with Gasteiger partial charge in [0.1, 0.15) is 0 Å². The summed E-state index contributed by atoms with van der Waals surface area (Å²) in [6.45, 7) is 2.06. The van der Waals surface area contributed by atoms with Crippen LogP contribution in [0.15, 0.2) is 24.3 Å². The van der Waals surface area contributed by atoms with E-state index in [2.05, 4.69) is 41.3 Å². The first-order valence-electron chi connectivity index (χ1n) is 2.46. The SMILES string of the molecule is Cc1cc[c]cc1.[Mn][Br]. The number of hydrogen-bond donors (Lipinski definition) is 0. The number of rotatable bonds is 0. The molecule has 0 aliphatic carbocycles. The Morgan fingerprint density at radius 2 is 1.78 bits per heavy atom. The molecule has 1 aromatic carbocycles. The molecule has 0 bridgehead atoms. The number of benzene rings is 1. The molecular formula is C7H7BrMn. The van der Waals surface area contributed by atoms with E-state index in [0.29, 0.717) is 0 Å². The third-order valence-corrected chi connectivity index (χ3v) is 0.885. The average Bonchev–Trinajstić information content (AvgIpc) is 1.94. The van der Waals surface area contributed by atoms with Crippen molar-refractivity contribution < 1.29 is 14.2 Å². The summed E-state index contributed by atoms with van der Waals surface area (Å²) in [4.78, 5) is 0. The van der Waals surface area contributed by atoms with Crippen LogP contribution in [0.25, 0.3) is 0 Å². The van der Waals surface area contributed by atoms with Gasteiger partial charge in [0.25, 0.3) is 0 Å². The second-order valence-electron chi connectivity index (χ2n) is 1.58. The Morgan fingerprint density at radius 3 is 2.00 bits per heavy atom. The molecule has 2 heteroatoms. The summed E-state index contributed by atoms with van der Waals surface area (Å²) < 4.78 is 0. The molecule has 9 heavy (non-hydrogen) atoms. The van der Waals surface area contributed by atoms with Gasteiger partial charge in [0.2, 0.25) is 0 Å². The molecule has 0 heterocycles. The maximum absolute atomic E-state index is 2.93. The predicted molar refractivity (Wildman–Crippen MR) is 38.9 cm³/mol. The molecule has 1 rings (SSSR count). The first-order chi connectivity index (χ1) is 4.39. The fourth-order valence-electron chi connectivity index (χ4n) is 0.470. The molecule has 0 spiro atoms. The molecule has 1 radical (unpaired) electrons. The van der Waals surface area contributed by atoms with Crippen LogP contribution in [0.4, 0.5) is 0 Å². The van der Waals surface area contributed by atoms with Gasteiger partial charge in [0, 0.05) is 0 Å². The zero-order valence-electron chi connectivity index (χ0n) is 5.07.